The lowest BCUT2D eigenvalue weighted by atomic mass is 9.79. The van der Waals surface area contributed by atoms with Crippen LogP contribution in [0.5, 0.6) is 0 Å². The smallest absolute Gasteiger partial charge is 0.329 e. The highest BCUT2D eigenvalue weighted by Crippen LogP contribution is 2.37. The lowest BCUT2D eigenvalue weighted by Gasteiger charge is -2.42. The van der Waals surface area contributed by atoms with Crippen molar-refractivity contribution < 1.29 is 48.7 Å². The van der Waals surface area contributed by atoms with E-state index in [1.807, 2.05) is 45.1 Å². The SMILES string of the molecule is CO[C@H]1C[C@@H]2CC[C@@H](C)[C@@](O)(O2)C(=O)C(=O)N2CCCC[C@H]2C(=O)OC([C@H](C)CC2CCC(O)CC2)C[C@@H](O)CC(=O)[C@H](C)CC[C@H](C)/C=C/C=C/C=C/1C. The van der Waals surface area contributed by atoms with Crippen molar-refractivity contribution in [3.63, 3.8) is 0 Å². The summed E-state index contributed by atoms with van der Waals surface area (Å²) in [5.74, 6) is -5.65. The average molecular weight is 772 g/mol. The van der Waals surface area contributed by atoms with Crippen molar-refractivity contribution in [1.29, 1.82) is 0 Å². The van der Waals surface area contributed by atoms with Gasteiger partial charge < -0.3 is 34.4 Å². The molecule has 2 saturated heterocycles. The first-order valence-corrected chi connectivity index (χ1v) is 21.0. The van der Waals surface area contributed by atoms with Crippen molar-refractivity contribution in [1.82, 2.24) is 4.90 Å². The minimum atomic E-state index is -2.37. The van der Waals surface area contributed by atoms with E-state index < -0.39 is 53.7 Å². The summed E-state index contributed by atoms with van der Waals surface area (Å²) in [7, 11) is 1.60. The van der Waals surface area contributed by atoms with Gasteiger partial charge in [0.05, 0.1) is 24.4 Å². The Morgan fingerprint density at radius 1 is 0.891 bits per heavy atom. The lowest BCUT2D eigenvalue weighted by molar-refractivity contribution is -0.265. The van der Waals surface area contributed by atoms with E-state index in [4.69, 9.17) is 14.2 Å². The van der Waals surface area contributed by atoms with Crippen LogP contribution in [-0.4, -0.2) is 99.7 Å². The predicted octanol–water partition coefficient (Wildman–Crippen LogP) is 6.17. The molecule has 4 aliphatic rings. The second-order valence-corrected chi connectivity index (χ2v) is 17.3. The molecule has 0 aromatic rings. The fraction of sp³-hybridized carbons (Fsp3) is 0.773. The number of ether oxygens (including phenoxy) is 3. The van der Waals surface area contributed by atoms with Gasteiger partial charge in [0.1, 0.15) is 17.9 Å². The van der Waals surface area contributed by atoms with E-state index >= 15 is 0 Å². The van der Waals surface area contributed by atoms with Gasteiger partial charge in [-0.05, 0) is 107 Å². The summed E-state index contributed by atoms with van der Waals surface area (Å²) in [6, 6.07) is -1.05. The Labute approximate surface area is 328 Å². The summed E-state index contributed by atoms with van der Waals surface area (Å²) < 4.78 is 18.1. The van der Waals surface area contributed by atoms with Crippen molar-refractivity contribution in [3.05, 3.63) is 36.0 Å². The third-order valence-electron chi connectivity index (χ3n) is 12.8. The van der Waals surface area contributed by atoms with Crippen LogP contribution in [0.1, 0.15) is 131 Å². The first kappa shape index (κ1) is 45.0. The van der Waals surface area contributed by atoms with Gasteiger partial charge in [0.25, 0.3) is 11.7 Å². The van der Waals surface area contributed by atoms with Gasteiger partial charge in [0.2, 0.25) is 5.79 Å². The van der Waals surface area contributed by atoms with Crippen molar-refractivity contribution in [2.45, 2.75) is 173 Å². The van der Waals surface area contributed by atoms with Gasteiger partial charge in [0, 0.05) is 44.8 Å². The number of hydrogen-bond donors (Lipinski definition) is 3. The van der Waals surface area contributed by atoms with Crippen molar-refractivity contribution >= 4 is 23.4 Å². The van der Waals surface area contributed by atoms with Crippen LogP contribution in [-0.2, 0) is 33.4 Å². The van der Waals surface area contributed by atoms with Crippen LogP contribution in [0.15, 0.2) is 36.0 Å². The van der Waals surface area contributed by atoms with Gasteiger partial charge in [-0.25, -0.2) is 4.79 Å². The second kappa shape index (κ2) is 21.2. The molecule has 1 amide bonds. The van der Waals surface area contributed by atoms with Gasteiger partial charge >= 0.3 is 5.97 Å². The zero-order chi connectivity index (χ0) is 40.3. The quantitative estimate of drug-likeness (QED) is 0.223. The number of allylic oxidation sites excluding steroid dienone is 5. The Balaban J connectivity index is 1.62. The number of piperidine rings is 1. The second-order valence-electron chi connectivity index (χ2n) is 17.3. The summed E-state index contributed by atoms with van der Waals surface area (Å²) in [5.41, 5.74) is 0.934. The molecule has 1 aliphatic carbocycles. The number of Topliss-reactive ketones (excluding diaryl/α,β-unsaturated/α-hetero) is 2. The van der Waals surface area contributed by atoms with E-state index in [-0.39, 0.29) is 55.1 Å². The first-order valence-electron chi connectivity index (χ1n) is 21.0. The van der Waals surface area contributed by atoms with Gasteiger partial charge in [-0.1, -0.05) is 58.1 Å². The molecule has 10 atom stereocenters. The molecular formula is C44H69NO10. The van der Waals surface area contributed by atoms with Crippen LogP contribution in [0.25, 0.3) is 0 Å². The van der Waals surface area contributed by atoms with Gasteiger partial charge in [-0.3, -0.25) is 14.4 Å². The van der Waals surface area contributed by atoms with Crippen molar-refractivity contribution in [2.24, 2.45) is 29.6 Å². The van der Waals surface area contributed by atoms with Crippen LogP contribution < -0.4 is 0 Å². The van der Waals surface area contributed by atoms with Crippen LogP contribution in [0, 0.1) is 29.6 Å². The van der Waals surface area contributed by atoms with E-state index in [0.29, 0.717) is 63.7 Å². The highest BCUT2D eigenvalue weighted by atomic mass is 16.6. The maximum atomic E-state index is 14.1. The molecule has 3 heterocycles. The molecule has 1 unspecified atom stereocenters. The number of nitrogens with zero attached hydrogens (tertiary/aromatic N) is 1. The summed E-state index contributed by atoms with van der Waals surface area (Å²) in [5, 5.41) is 33.1. The Morgan fingerprint density at radius 2 is 1.62 bits per heavy atom. The number of cyclic esters (lactones) is 1. The molecule has 1 saturated carbocycles. The summed E-state index contributed by atoms with van der Waals surface area (Å²) in [6.45, 7) is 9.77. The molecule has 2 bridgehead atoms. The van der Waals surface area contributed by atoms with Gasteiger partial charge in [0.15, 0.2) is 0 Å². The number of carbonyl (C=O) groups excluding carboxylic acids is 4. The van der Waals surface area contributed by atoms with E-state index in [1.54, 1.807) is 14.0 Å². The maximum absolute atomic E-state index is 14.1. The molecule has 3 aliphatic heterocycles. The number of ketones is 2. The van der Waals surface area contributed by atoms with Gasteiger partial charge in [-0.2, -0.15) is 0 Å². The minimum Gasteiger partial charge on any atom is -0.460 e. The molecule has 0 radical (unpaired) electrons. The lowest BCUT2D eigenvalue weighted by Crippen LogP contribution is -2.61. The fourth-order valence-electron chi connectivity index (χ4n) is 8.78. The molecule has 0 aromatic carbocycles. The first-order chi connectivity index (χ1) is 26.1. The molecule has 11 heteroatoms. The highest BCUT2D eigenvalue weighted by molar-refractivity contribution is 6.39. The number of amides is 1. The molecule has 0 aromatic heterocycles. The number of fused-ring (bicyclic) bond motifs is 3. The predicted molar refractivity (Wildman–Crippen MR) is 209 cm³/mol. The van der Waals surface area contributed by atoms with Gasteiger partial charge in [-0.15, -0.1) is 0 Å². The van der Waals surface area contributed by atoms with Crippen LogP contribution in [0.4, 0.5) is 0 Å². The summed E-state index contributed by atoms with van der Waals surface area (Å²) >= 11 is 0. The normalized spacial score (nSPS) is 39.9. The Morgan fingerprint density at radius 3 is 2.33 bits per heavy atom. The maximum Gasteiger partial charge on any atom is 0.329 e. The molecule has 4 rings (SSSR count). The Bertz CT molecular complexity index is 1380. The highest BCUT2D eigenvalue weighted by Gasteiger charge is 2.53. The van der Waals surface area contributed by atoms with Crippen LogP contribution in [0.2, 0.25) is 0 Å². The molecule has 3 N–H and O–H groups in total. The van der Waals surface area contributed by atoms with E-state index in [1.165, 1.54) is 4.90 Å². The zero-order valence-corrected chi connectivity index (χ0v) is 34.2. The number of aliphatic hydroxyl groups is 3. The number of esters is 1. The zero-order valence-electron chi connectivity index (χ0n) is 34.2. The summed E-state index contributed by atoms with van der Waals surface area (Å²) in [4.78, 5) is 56.7. The third kappa shape index (κ3) is 12.6. The standard InChI is InChI=1S/C44H69NO10/c1-28-12-8-7-9-13-30(3)39(53-6)27-36-22-17-32(5)44(52,55-36)41(49)42(50)45-23-11-10-14-37(45)43(51)54-40(26-35(47)25-38(48)29(2)16-15-28)31(4)24-33-18-20-34(46)21-19-33/h7-9,12-13,28-29,31-37,39-40,46-47,52H,10-11,14-27H2,1-6H3/b9-7+,12-8+,30-13+/t28-,29-,31-,32-,33?,34?,35+,36+,37+,39+,40?,44-/m1/s1. The molecule has 310 valence electrons. The number of carbonyl (C=O) groups is 4. The number of rotatable bonds is 4. The largest absolute Gasteiger partial charge is 0.460 e. The Hall–Kier alpha value is -2.70. The van der Waals surface area contributed by atoms with E-state index in [9.17, 15) is 34.5 Å². The third-order valence-corrected chi connectivity index (χ3v) is 12.8. The van der Waals surface area contributed by atoms with Crippen molar-refractivity contribution in [3.8, 4) is 0 Å². The Kier molecular flexibility index (Phi) is 17.3. The monoisotopic (exact) mass is 771 g/mol. The van der Waals surface area contributed by atoms with Crippen LogP contribution in [0.3, 0.4) is 0 Å². The molecule has 11 nitrogen and oxygen atoms in total. The van der Waals surface area contributed by atoms with Crippen molar-refractivity contribution in [2.75, 3.05) is 13.7 Å². The molecular weight excluding hydrogens is 702 g/mol. The fourth-order valence-corrected chi connectivity index (χ4v) is 8.78. The molecule has 0 spiro atoms. The van der Waals surface area contributed by atoms with Crippen LogP contribution >= 0.6 is 0 Å². The number of methoxy groups -OCH3 is 1. The minimum absolute atomic E-state index is 0.0424. The number of hydrogen-bond acceptors (Lipinski definition) is 10. The van der Waals surface area contributed by atoms with E-state index in [2.05, 4.69) is 13.0 Å². The van der Waals surface area contributed by atoms with E-state index in [0.717, 1.165) is 31.3 Å². The molecule has 3 fully saturated rings. The summed E-state index contributed by atoms with van der Waals surface area (Å²) in [6.07, 6.45) is 15.2. The molecule has 55 heavy (non-hydrogen) atoms. The average Bonchev–Trinajstić information content (AvgIpc) is 3.16. The number of aliphatic hydroxyl groups excluding tert-OH is 2. The topological polar surface area (TPSA) is 160 Å².